The number of aryl methyl sites for hydroxylation is 1. The van der Waals surface area contributed by atoms with Gasteiger partial charge in [-0.15, -0.1) is 17.5 Å². The molecule has 0 aliphatic carbocycles. The first-order valence-electron chi connectivity index (χ1n) is 5.17. The Morgan fingerprint density at radius 1 is 1.44 bits per heavy atom. The van der Waals surface area contributed by atoms with Crippen molar-refractivity contribution in [3.8, 4) is 11.9 Å². The van der Waals surface area contributed by atoms with Crippen molar-refractivity contribution in [3.05, 3.63) is 35.5 Å². The van der Waals surface area contributed by atoms with Gasteiger partial charge >= 0.3 is 0 Å². The molecule has 6 nitrogen and oxygen atoms in total. The number of aromatic nitrogens is 4. The van der Waals surface area contributed by atoms with Gasteiger partial charge in [-0.3, -0.25) is 0 Å². The van der Waals surface area contributed by atoms with Gasteiger partial charge in [0.2, 0.25) is 0 Å². The van der Waals surface area contributed by atoms with Crippen LogP contribution in [0.5, 0.6) is 0 Å². The van der Waals surface area contributed by atoms with Crippen molar-refractivity contribution >= 4 is 12.4 Å². The minimum absolute atomic E-state index is 0. The highest BCUT2D eigenvalue weighted by molar-refractivity contribution is 5.85. The monoisotopic (exact) mass is 264 g/mol. The van der Waals surface area contributed by atoms with E-state index in [2.05, 4.69) is 15.1 Å². The van der Waals surface area contributed by atoms with Crippen LogP contribution in [0.15, 0.2) is 18.3 Å². The zero-order chi connectivity index (χ0) is 12.4. The summed E-state index contributed by atoms with van der Waals surface area (Å²) in [5, 5.41) is 12.9. The van der Waals surface area contributed by atoms with E-state index in [1.54, 1.807) is 23.7 Å². The van der Waals surface area contributed by atoms with Crippen LogP contribution in [0, 0.1) is 18.3 Å². The Morgan fingerprint density at radius 2 is 2.17 bits per heavy atom. The Labute approximate surface area is 111 Å². The summed E-state index contributed by atoms with van der Waals surface area (Å²) in [6.45, 7) is 3.63. The van der Waals surface area contributed by atoms with E-state index < -0.39 is 0 Å². The van der Waals surface area contributed by atoms with Crippen molar-refractivity contribution in [3.63, 3.8) is 0 Å². The maximum atomic E-state index is 8.70. The Bertz CT molecular complexity index is 566. The number of nitriles is 1. The maximum absolute atomic E-state index is 8.70. The number of rotatable bonds is 2. The van der Waals surface area contributed by atoms with E-state index in [0.717, 1.165) is 0 Å². The molecule has 1 atom stereocenters. The molecule has 0 fully saturated rings. The number of hydrogen-bond donors (Lipinski definition) is 1. The van der Waals surface area contributed by atoms with Gasteiger partial charge in [0.1, 0.15) is 11.9 Å². The fraction of sp³-hybridized carbons (Fsp3) is 0.273. The Kier molecular flexibility index (Phi) is 4.37. The van der Waals surface area contributed by atoms with Crippen molar-refractivity contribution < 1.29 is 0 Å². The number of hydrogen-bond acceptors (Lipinski definition) is 5. The first kappa shape index (κ1) is 14.1. The second-order valence-electron chi connectivity index (χ2n) is 3.73. The van der Waals surface area contributed by atoms with Crippen molar-refractivity contribution in [2.75, 3.05) is 0 Å². The van der Waals surface area contributed by atoms with E-state index in [0.29, 0.717) is 23.0 Å². The molecule has 0 saturated heterocycles. The van der Waals surface area contributed by atoms with Gasteiger partial charge in [0.15, 0.2) is 11.6 Å². The number of nitrogens with zero attached hydrogens (tertiary/aromatic N) is 5. The normalized spacial score (nSPS) is 11.4. The van der Waals surface area contributed by atoms with Crippen LogP contribution in [0.2, 0.25) is 0 Å². The van der Waals surface area contributed by atoms with Crippen LogP contribution < -0.4 is 5.73 Å². The predicted molar refractivity (Wildman–Crippen MR) is 68.5 cm³/mol. The molecule has 2 aromatic rings. The quantitative estimate of drug-likeness (QED) is 0.882. The third-order valence-electron chi connectivity index (χ3n) is 2.24. The van der Waals surface area contributed by atoms with Crippen LogP contribution in [0.4, 0.5) is 0 Å². The van der Waals surface area contributed by atoms with E-state index in [4.69, 9.17) is 11.0 Å². The Morgan fingerprint density at radius 3 is 2.67 bits per heavy atom. The van der Waals surface area contributed by atoms with Crippen LogP contribution in [0.3, 0.4) is 0 Å². The molecule has 0 saturated carbocycles. The van der Waals surface area contributed by atoms with Crippen LogP contribution in [0.25, 0.3) is 5.82 Å². The van der Waals surface area contributed by atoms with E-state index in [-0.39, 0.29) is 18.4 Å². The second-order valence-corrected chi connectivity index (χ2v) is 3.73. The number of pyridine rings is 1. The summed E-state index contributed by atoms with van der Waals surface area (Å²) < 4.78 is 1.60. The van der Waals surface area contributed by atoms with Crippen LogP contribution in [-0.2, 0) is 0 Å². The summed E-state index contributed by atoms with van der Waals surface area (Å²) in [7, 11) is 0. The standard InChI is InChI=1S/C11H12N6.ClH/c1-7(13)11-15-8(2)16-17(11)10-4-3-9(5-12)6-14-10;/h3-4,6-7H,13H2,1-2H3;1H. The Balaban J connectivity index is 0.00000162. The summed E-state index contributed by atoms with van der Waals surface area (Å²) in [5.74, 6) is 1.90. The van der Waals surface area contributed by atoms with Gasteiger partial charge < -0.3 is 5.73 Å². The molecule has 0 aromatic carbocycles. The first-order valence-corrected chi connectivity index (χ1v) is 5.17. The molecule has 2 heterocycles. The minimum atomic E-state index is -0.228. The molecule has 1 unspecified atom stereocenters. The predicted octanol–water partition coefficient (Wildman–Crippen LogP) is 1.28. The largest absolute Gasteiger partial charge is 0.322 e. The first-order chi connectivity index (χ1) is 8.11. The van der Waals surface area contributed by atoms with Gasteiger partial charge in [-0.1, -0.05) is 0 Å². The maximum Gasteiger partial charge on any atom is 0.155 e. The molecule has 2 N–H and O–H groups in total. The van der Waals surface area contributed by atoms with Gasteiger partial charge in [0.25, 0.3) is 0 Å². The lowest BCUT2D eigenvalue weighted by Crippen LogP contribution is -2.14. The molecule has 2 aromatic heterocycles. The SMILES string of the molecule is Cc1nc(C(C)N)n(-c2ccc(C#N)cn2)n1.Cl. The average molecular weight is 265 g/mol. The smallest absolute Gasteiger partial charge is 0.155 e. The fourth-order valence-electron chi connectivity index (χ4n) is 1.47. The molecule has 0 aliphatic heterocycles. The molecular weight excluding hydrogens is 252 g/mol. The van der Waals surface area contributed by atoms with Crippen LogP contribution in [-0.4, -0.2) is 19.7 Å². The topological polar surface area (TPSA) is 93.4 Å². The molecule has 0 aliphatic rings. The highest BCUT2D eigenvalue weighted by Crippen LogP contribution is 2.12. The van der Waals surface area contributed by atoms with Crippen molar-refractivity contribution in [1.82, 2.24) is 19.7 Å². The highest BCUT2D eigenvalue weighted by Gasteiger charge is 2.13. The van der Waals surface area contributed by atoms with E-state index in [1.165, 1.54) is 6.20 Å². The summed E-state index contributed by atoms with van der Waals surface area (Å²) in [5.41, 5.74) is 6.33. The molecule has 0 radical (unpaired) electrons. The van der Waals surface area contributed by atoms with Gasteiger partial charge in [0.05, 0.1) is 11.6 Å². The molecule has 0 spiro atoms. The lowest BCUT2D eigenvalue weighted by atomic mass is 10.3. The molecule has 0 bridgehead atoms. The third-order valence-corrected chi connectivity index (χ3v) is 2.24. The molecule has 18 heavy (non-hydrogen) atoms. The average Bonchev–Trinajstić information content (AvgIpc) is 2.72. The van der Waals surface area contributed by atoms with E-state index in [9.17, 15) is 0 Å². The van der Waals surface area contributed by atoms with Gasteiger partial charge in [-0.2, -0.15) is 9.94 Å². The van der Waals surface area contributed by atoms with Crippen LogP contribution in [0.1, 0.15) is 30.2 Å². The molecule has 94 valence electrons. The van der Waals surface area contributed by atoms with Crippen molar-refractivity contribution in [2.45, 2.75) is 19.9 Å². The Hall–Kier alpha value is -1.97. The van der Waals surface area contributed by atoms with E-state index >= 15 is 0 Å². The molecule has 7 heteroatoms. The van der Waals surface area contributed by atoms with Crippen molar-refractivity contribution in [1.29, 1.82) is 5.26 Å². The summed E-state index contributed by atoms with van der Waals surface area (Å²) in [6.07, 6.45) is 1.50. The minimum Gasteiger partial charge on any atom is -0.322 e. The van der Waals surface area contributed by atoms with E-state index in [1.807, 2.05) is 13.0 Å². The second kappa shape index (κ2) is 5.58. The summed E-state index contributed by atoms with van der Waals surface area (Å²) >= 11 is 0. The lowest BCUT2D eigenvalue weighted by Gasteiger charge is -2.06. The van der Waals surface area contributed by atoms with Gasteiger partial charge in [-0.05, 0) is 26.0 Å². The van der Waals surface area contributed by atoms with Gasteiger partial charge in [0, 0.05) is 6.20 Å². The number of nitrogens with two attached hydrogens (primary N) is 1. The molecule has 0 amide bonds. The zero-order valence-electron chi connectivity index (χ0n) is 10.0. The highest BCUT2D eigenvalue weighted by atomic mass is 35.5. The van der Waals surface area contributed by atoms with Gasteiger partial charge in [-0.25, -0.2) is 9.97 Å². The van der Waals surface area contributed by atoms with Crippen LogP contribution >= 0.6 is 12.4 Å². The number of halogens is 1. The summed E-state index contributed by atoms with van der Waals surface area (Å²) in [4.78, 5) is 8.41. The summed E-state index contributed by atoms with van der Waals surface area (Å²) in [6, 6.07) is 5.19. The molecular formula is C11H13ClN6. The third kappa shape index (κ3) is 2.64. The molecule has 2 rings (SSSR count). The fourth-order valence-corrected chi connectivity index (χ4v) is 1.47. The lowest BCUT2D eigenvalue weighted by molar-refractivity contribution is 0.680. The zero-order valence-corrected chi connectivity index (χ0v) is 10.8. The van der Waals surface area contributed by atoms with Crippen molar-refractivity contribution in [2.24, 2.45) is 5.73 Å².